The second-order valence-corrected chi connectivity index (χ2v) is 4.20. The van der Waals surface area contributed by atoms with E-state index in [-0.39, 0.29) is 18.4 Å². The van der Waals surface area contributed by atoms with E-state index in [0.717, 1.165) is 13.0 Å². The van der Waals surface area contributed by atoms with Crippen LogP contribution in [0.2, 0.25) is 0 Å². The van der Waals surface area contributed by atoms with E-state index >= 15 is 0 Å². The van der Waals surface area contributed by atoms with Gasteiger partial charge in [0.25, 0.3) is 0 Å². The number of carbonyl (C=O) groups excluding carboxylic acids is 2. The number of nitrogens with one attached hydrogen (secondary N) is 1. The fourth-order valence-electron chi connectivity index (χ4n) is 1.93. The van der Waals surface area contributed by atoms with E-state index in [4.69, 9.17) is 0 Å². The Kier molecular flexibility index (Phi) is 3.41. The van der Waals surface area contributed by atoms with Crippen LogP contribution in [0.5, 0.6) is 0 Å². The van der Waals surface area contributed by atoms with E-state index in [0.29, 0.717) is 6.54 Å². The van der Waals surface area contributed by atoms with Crippen molar-refractivity contribution in [3.8, 4) is 0 Å². The van der Waals surface area contributed by atoms with E-state index in [1.165, 1.54) is 0 Å². The minimum Gasteiger partial charge on any atom is -0.343 e. The normalized spacial score (nSPS) is 20.5. The summed E-state index contributed by atoms with van der Waals surface area (Å²) in [6.07, 6.45) is 6.17. The number of carbonyl (C=O) groups is 2. The van der Waals surface area contributed by atoms with E-state index in [2.05, 4.69) is 10.3 Å². The molecule has 1 saturated heterocycles. The van der Waals surface area contributed by atoms with Crippen molar-refractivity contribution in [2.45, 2.75) is 25.9 Å². The summed E-state index contributed by atoms with van der Waals surface area (Å²) >= 11 is 0. The van der Waals surface area contributed by atoms with Crippen LogP contribution in [-0.4, -0.2) is 45.4 Å². The van der Waals surface area contributed by atoms with E-state index < -0.39 is 6.04 Å². The van der Waals surface area contributed by atoms with Crippen molar-refractivity contribution < 1.29 is 9.59 Å². The Balaban J connectivity index is 1.81. The fourth-order valence-corrected chi connectivity index (χ4v) is 1.93. The molecule has 1 fully saturated rings. The van der Waals surface area contributed by atoms with Gasteiger partial charge in [-0.3, -0.25) is 9.59 Å². The van der Waals surface area contributed by atoms with Crippen LogP contribution < -0.4 is 5.32 Å². The number of piperazine rings is 1. The lowest BCUT2D eigenvalue weighted by Crippen LogP contribution is -2.56. The maximum atomic E-state index is 11.8. The Morgan fingerprint density at radius 1 is 1.47 bits per heavy atom. The monoisotopic (exact) mass is 236 g/mol. The molecule has 2 amide bonds. The highest BCUT2D eigenvalue weighted by molar-refractivity contribution is 5.94. The summed E-state index contributed by atoms with van der Waals surface area (Å²) < 4.78 is 1.96. The maximum Gasteiger partial charge on any atom is 0.245 e. The standard InChI is InChI=1S/C11H16N4O2/c1-9-11(17)15(7-10(16)13-9)5-2-4-14-6-3-12-8-14/h3,6,8-9H,2,4-5,7H2,1H3,(H,13,16). The van der Waals surface area contributed by atoms with Gasteiger partial charge in [0.15, 0.2) is 0 Å². The summed E-state index contributed by atoms with van der Waals surface area (Å²) in [4.78, 5) is 28.6. The average molecular weight is 236 g/mol. The number of aromatic nitrogens is 2. The van der Waals surface area contributed by atoms with Gasteiger partial charge in [-0.25, -0.2) is 4.98 Å². The van der Waals surface area contributed by atoms with Gasteiger partial charge in [-0.2, -0.15) is 0 Å². The number of amides is 2. The lowest BCUT2D eigenvalue weighted by molar-refractivity contribution is -0.143. The molecule has 2 heterocycles. The van der Waals surface area contributed by atoms with Gasteiger partial charge >= 0.3 is 0 Å². The Hall–Kier alpha value is -1.85. The SMILES string of the molecule is CC1NC(=O)CN(CCCn2ccnc2)C1=O. The van der Waals surface area contributed by atoms with Crippen molar-refractivity contribution in [2.24, 2.45) is 0 Å². The van der Waals surface area contributed by atoms with Gasteiger partial charge < -0.3 is 14.8 Å². The predicted molar refractivity (Wildman–Crippen MR) is 61.0 cm³/mol. The summed E-state index contributed by atoms with van der Waals surface area (Å²) in [5, 5.41) is 2.62. The van der Waals surface area contributed by atoms with Gasteiger partial charge in [0.2, 0.25) is 11.8 Å². The molecule has 92 valence electrons. The van der Waals surface area contributed by atoms with Crippen LogP contribution in [0.15, 0.2) is 18.7 Å². The Labute approximate surface area is 99.6 Å². The highest BCUT2D eigenvalue weighted by Gasteiger charge is 2.28. The van der Waals surface area contributed by atoms with Crippen molar-refractivity contribution in [3.63, 3.8) is 0 Å². The van der Waals surface area contributed by atoms with Crippen LogP contribution in [0.4, 0.5) is 0 Å². The Bertz CT molecular complexity index is 402. The molecular formula is C11H16N4O2. The zero-order valence-electron chi connectivity index (χ0n) is 9.80. The Morgan fingerprint density at radius 2 is 2.29 bits per heavy atom. The van der Waals surface area contributed by atoms with E-state index in [1.54, 1.807) is 24.3 Å². The smallest absolute Gasteiger partial charge is 0.245 e. The lowest BCUT2D eigenvalue weighted by atomic mass is 10.2. The van der Waals surface area contributed by atoms with Crippen molar-refractivity contribution in [3.05, 3.63) is 18.7 Å². The first kappa shape index (κ1) is 11.6. The molecule has 2 rings (SSSR count). The fraction of sp³-hybridized carbons (Fsp3) is 0.545. The molecular weight excluding hydrogens is 220 g/mol. The molecule has 0 radical (unpaired) electrons. The number of rotatable bonds is 4. The first-order chi connectivity index (χ1) is 8.16. The van der Waals surface area contributed by atoms with Crippen molar-refractivity contribution >= 4 is 11.8 Å². The molecule has 0 spiro atoms. The molecule has 0 aliphatic carbocycles. The second kappa shape index (κ2) is 4.99. The van der Waals surface area contributed by atoms with Gasteiger partial charge in [-0.1, -0.05) is 0 Å². The molecule has 1 unspecified atom stereocenters. The summed E-state index contributed by atoms with van der Waals surface area (Å²) in [5.41, 5.74) is 0. The number of hydrogen-bond donors (Lipinski definition) is 1. The summed E-state index contributed by atoms with van der Waals surface area (Å²) in [6.45, 7) is 3.30. The number of aryl methyl sites for hydroxylation is 1. The zero-order valence-corrected chi connectivity index (χ0v) is 9.80. The van der Waals surface area contributed by atoms with Crippen LogP contribution in [0.25, 0.3) is 0 Å². The molecule has 1 aromatic heterocycles. The maximum absolute atomic E-state index is 11.8. The van der Waals surface area contributed by atoms with Crippen molar-refractivity contribution in [2.75, 3.05) is 13.1 Å². The average Bonchev–Trinajstić information content (AvgIpc) is 2.78. The number of hydrogen-bond acceptors (Lipinski definition) is 3. The van der Waals surface area contributed by atoms with E-state index in [1.807, 2.05) is 10.8 Å². The van der Waals surface area contributed by atoms with E-state index in [9.17, 15) is 9.59 Å². The number of imidazole rings is 1. The summed E-state index contributed by atoms with van der Waals surface area (Å²) in [7, 11) is 0. The molecule has 0 bridgehead atoms. The van der Waals surface area contributed by atoms with Gasteiger partial charge in [0.05, 0.1) is 12.9 Å². The van der Waals surface area contributed by atoms with Gasteiger partial charge in [-0.15, -0.1) is 0 Å². The molecule has 1 aliphatic rings. The van der Waals surface area contributed by atoms with Crippen LogP contribution in [-0.2, 0) is 16.1 Å². The molecule has 1 aromatic rings. The zero-order chi connectivity index (χ0) is 12.3. The highest BCUT2D eigenvalue weighted by Crippen LogP contribution is 2.03. The van der Waals surface area contributed by atoms with Crippen LogP contribution in [0, 0.1) is 0 Å². The quantitative estimate of drug-likeness (QED) is 0.775. The lowest BCUT2D eigenvalue weighted by Gasteiger charge is -2.30. The minimum absolute atomic E-state index is 0.00442. The summed E-state index contributed by atoms with van der Waals surface area (Å²) in [5.74, 6) is -0.0880. The van der Waals surface area contributed by atoms with Crippen LogP contribution in [0.3, 0.4) is 0 Å². The first-order valence-corrected chi connectivity index (χ1v) is 5.70. The third-order valence-electron chi connectivity index (χ3n) is 2.80. The van der Waals surface area contributed by atoms with Gasteiger partial charge in [-0.05, 0) is 13.3 Å². The van der Waals surface area contributed by atoms with Crippen LogP contribution in [0.1, 0.15) is 13.3 Å². The largest absolute Gasteiger partial charge is 0.343 e. The van der Waals surface area contributed by atoms with Gasteiger partial charge in [0.1, 0.15) is 6.04 Å². The third-order valence-corrected chi connectivity index (χ3v) is 2.80. The third kappa shape index (κ3) is 2.83. The predicted octanol–water partition coefficient (Wildman–Crippen LogP) is -0.380. The molecule has 6 heteroatoms. The molecule has 1 atom stereocenters. The molecule has 1 N–H and O–H groups in total. The first-order valence-electron chi connectivity index (χ1n) is 5.70. The minimum atomic E-state index is -0.399. The second-order valence-electron chi connectivity index (χ2n) is 4.20. The van der Waals surface area contributed by atoms with Crippen molar-refractivity contribution in [1.82, 2.24) is 19.8 Å². The molecule has 0 saturated carbocycles. The summed E-state index contributed by atoms with van der Waals surface area (Å²) in [6, 6.07) is -0.399. The molecule has 0 aromatic carbocycles. The molecule has 1 aliphatic heterocycles. The molecule has 6 nitrogen and oxygen atoms in total. The molecule has 17 heavy (non-hydrogen) atoms. The highest BCUT2D eigenvalue weighted by atomic mass is 16.2. The van der Waals surface area contributed by atoms with Gasteiger partial charge in [0, 0.05) is 25.5 Å². The van der Waals surface area contributed by atoms with Crippen LogP contribution >= 0.6 is 0 Å². The van der Waals surface area contributed by atoms with Crippen molar-refractivity contribution in [1.29, 1.82) is 0 Å². The Morgan fingerprint density at radius 3 is 3.00 bits per heavy atom. The number of nitrogens with zero attached hydrogens (tertiary/aromatic N) is 3. The topological polar surface area (TPSA) is 67.2 Å².